The van der Waals surface area contributed by atoms with E-state index < -0.39 is 0 Å². The molecule has 2 aliphatic rings. The summed E-state index contributed by atoms with van der Waals surface area (Å²) >= 11 is 0. The number of hydrogen-bond acceptors (Lipinski definition) is 3. The Morgan fingerprint density at radius 2 is 2.11 bits per heavy atom. The van der Waals surface area contributed by atoms with Crippen LogP contribution < -0.4 is 5.32 Å². The van der Waals surface area contributed by atoms with Gasteiger partial charge >= 0.3 is 0 Å². The van der Waals surface area contributed by atoms with Crippen LogP contribution in [0.3, 0.4) is 0 Å². The van der Waals surface area contributed by atoms with Crippen molar-refractivity contribution in [1.29, 1.82) is 0 Å². The summed E-state index contributed by atoms with van der Waals surface area (Å²) in [6.45, 7) is 3.74. The summed E-state index contributed by atoms with van der Waals surface area (Å²) in [5.74, 6) is 0.128. The number of nitrogens with one attached hydrogen (secondary N) is 1. The van der Waals surface area contributed by atoms with Gasteiger partial charge in [0.05, 0.1) is 5.56 Å². The molecule has 2 saturated heterocycles. The van der Waals surface area contributed by atoms with Crippen LogP contribution in [-0.4, -0.2) is 41.0 Å². The van der Waals surface area contributed by atoms with E-state index in [9.17, 15) is 4.79 Å². The quantitative estimate of drug-likeness (QED) is 0.852. The number of aryl methyl sites for hydroxylation is 1. The third-order valence-corrected chi connectivity index (χ3v) is 3.94. The van der Waals surface area contributed by atoms with Crippen LogP contribution in [0.2, 0.25) is 0 Å². The summed E-state index contributed by atoms with van der Waals surface area (Å²) in [5, 5.41) is 3.54. The van der Waals surface area contributed by atoms with E-state index in [4.69, 9.17) is 0 Å². The van der Waals surface area contributed by atoms with Crippen molar-refractivity contribution in [2.75, 3.05) is 13.1 Å². The number of aromatic nitrogens is 1. The third kappa shape index (κ3) is 2.12. The lowest BCUT2D eigenvalue weighted by atomic mass is 10.1. The molecule has 3 rings (SSSR count). The molecule has 3 heterocycles. The van der Waals surface area contributed by atoms with Gasteiger partial charge in [-0.05, 0) is 31.4 Å². The number of rotatable bonds is 2. The predicted octanol–water partition coefficient (Wildman–Crippen LogP) is 1.22. The molecule has 2 fully saturated rings. The Hall–Kier alpha value is -1.42. The first-order valence-electron chi connectivity index (χ1n) is 6.76. The smallest absolute Gasteiger partial charge is 0.255 e. The van der Waals surface area contributed by atoms with E-state index in [-0.39, 0.29) is 5.91 Å². The topological polar surface area (TPSA) is 45.2 Å². The Balaban J connectivity index is 1.73. The molecular formula is C14H19N3O. The van der Waals surface area contributed by atoms with Crippen molar-refractivity contribution in [2.24, 2.45) is 0 Å². The molecule has 0 aliphatic carbocycles. The van der Waals surface area contributed by atoms with Gasteiger partial charge in [-0.25, -0.2) is 0 Å². The van der Waals surface area contributed by atoms with Gasteiger partial charge in [0, 0.05) is 37.1 Å². The summed E-state index contributed by atoms with van der Waals surface area (Å²) in [6.07, 6.45) is 5.01. The van der Waals surface area contributed by atoms with Crippen LogP contribution in [0.1, 0.15) is 35.8 Å². The van der Waals surface area contributed by atoms with Gasteiger partial charge in [-0.3, -0.25) is 9.78 Å². The molecule has 0 saturated carbocycles. The normalized spacial score (nSPS) is 26.4. The van der Waals surface area contributed by atoms with Crippen LogP contribution in [0.15, 0.2) is 18.3 Å². The van der Waals surface area contributed by atoms with Gasteiger partial charge in [-0.2, -0.15) is 0 Å². The minimum atomic E-state index is 0.128. The summed E-state index contributed by atoms with van der Waals surface area (Å²) < 4.78 is 0. The van der Waals surface area contributed by atoms with Crippen LogP contribution in [-0.2, 0) is 6.42 Å². The molecule has 1 aromatic heterocycles. The zero-order chi connectivity index (χ0) is 12.5. The number of carbonyl (C=O) groups is 1. The Labute approximate surface area is 107 Å². The van der Waals surface area contributed by atoms with Gasteiger partial charge in [0.2, 0.25) is 0 Å². The van der Waals surface area contributed by atoms with E-state index in [1.807, 2.05) is 17.0 Å². The fourth-order valence-corrected chi connectivity index (χ4v) is 2.91. The molecule has 0 spiro atoms. The van der Waals surface area contributed by atoms with Gasteiger partial charge < -0.3 is 10.2 Å². The summed E-state index contributed by atoms with van der Waals surface area (Å²) in [4.78, 5) is 18.7. The molecule has 2 unspecified atom stereocenters. The fourth-order valence-electron chi connectivity index (χ4n) is 2.91. The van der Waals surface area contributed by atoms with Crippen molar-refractivity contribution in [3.8, 4) is 0 Å². The number of hydrogen-bond donors (Lipinski definition) is 1. The van der Waals surface area contributed by atoms with Crippen LogP contribution in [0, 0.1) is 0 Å². The Bertz CT molecular complexity index is 431. The molecule has 0 aromatic carbocycles. The standard InChI is InChI=1S/C14H19N3O/c1-2-11-4-3-10(7-15-11)14(18)17-8-12-5-6-13(9-17)16-12/h3-4,7,12-13,16H,2,5-6,8-9H2,1H3. The summed E-state index contributed by atoms with van der Waals surface area (Å²) in [5.41, 5.74) is 1.75. The number of likely N-dealkylation sites (tertiary alicyclic amines) is 1. The first-order valence-corrected chi connectivity index (χ1v) is 6.76. The van der Waals surface area contributed by atoms with Crippen LogP contribution in [0.5, 0.6) is 0 Å². The highest BCUT2D eigenvalue weighted by molar-refractivity contribution is 5.94. The second-order valence-corrected chi connectivity index (χ2v) is 5.24. The molecule has 2 bridgehead atoms. The van der Waals surface area contributed by atoms with Gasteiger partial charge in [-0.1, -0.05) is 6.92 Å². The Morgan fingerprint density at radius 1 is 1.39 bits per heavy atom. The zero-order valence-corrected chi connectivity index (χ0v) is 10.7. The maximum Gasteiger partial charge on any atom is 0.255 e. The monoisotopic (exact) mass is 245 g/mol. The average Bonchev–Trinajstić information content (AvgIpc) is 2.77. The van der Waals surface area contributed by atoms with E-state index in [0.29, 0.717) is 17.6 Å². The lowest BCUT2D eigenvalue weighted by molar-refractivity contribution is 0.0697. The molecule has 96 valence electrons. The maximum absolute atomic E-state index is 12.4. The molecular weight excluding hydrogens is 226 g/mol. The lowest BCUT2D eigenvalue weighted by Gasteiger charge is -2.32. The van der Waals surface area contributed by atoms with Gasteiger partial charge in [0.1, 0.15) is 0 Å². The van der Waals surface area contributed by atoms with Crippen molar-refractivity contribution >= 4 is 5.91 Å². The number of fused-ring (bicyclic) bond motifs is 2. The summed E-state index contributed by atoms with van der Waals surface area (Å²) in [7, 11) is 0. The molecule has 1 N–H and O–H groups in total. The maximum atomic E-state index is 12.4. The lowest BCUT2D eigenvalue weighted by Crippen LogP contribution is -2.53. The van der Waals surface area contributed by atoms with Gasteiger partial charge in [-0.15, -0.1) is 0 Å². The molecule has 18 heavy (non-hydrogen) atoms. The van der Waals surface area contributed by atoms with Crippen molar-refractivity contribution in [1.82, 2.24) is 15.2 Å². The van der Waals surface area contributed by atoms with E-state index >= 15 is 0 Å². The minimum Gasteiger partial charge on any atom is -0.335 e. The first-order chi connectivity index (χ1) is 8.76. The van der Waals surface area contributed by atoms with Crippen molar-refractivity contribution in [2.45, 2.75) is 38.3 Å². The number of piperazine rings is 1. The second-order valence-electron chi connectivity index (χ2n) is 5.24. The molecule has 4 nitrogen and oxygen atoms in total. The van der Waals surface area contributed by atoms with Crippen LogP contribution in [0.4, 0.5) is 0 Å². The minimum absolute atomic E-state index is 0.128. The van der Waals surface area contributed by atoms with E-state index in [2.05, 4.69) is 17.2 Å². The van der Waals surface area contributed by atoms with Crippen molar-refractivity contribution in [3.63, 3.8) is 0 Å². The highest BCUT2D eigenvalue weighted by Crippen LogP contribution is 2.21. The van der Waals surface area contributed by atoms with Crippen LogP contribution >= 0.6 is 0 Å². The predicted molar refractivity (Wildman–Crippen MR) is 69.5 cm³/mol. The molecule has 0 radical (unpaired) electrons. The first kappa shape index (κ1) is 11.7. The van der Waals surface area contributed by atoms with Gasteiger partial charge in [0.15, 0.2) is 0 Å². The summed E-state index contributed by atoms with van der Waals surface area (Å²) in [6, 6.07) is 4.84. The largest absolute Gasteiger partial charge is 0.335 e. The highest BCUT2D eigenvalue weighted by Gasteiger charge is 2.34. The Morgan fingerprint density at radius 3 is 2.67 bits per heavy atom. The highest BCUT2D eigenvalue weighted by atomic mass is 16.2. The van der Waals surface area contributed by atoms with E-state index in [1.165, 1.54) is 12.8 Å². The zero-order valence-electron chi connectivity index (χ0n) is 10.7. The van der Waals surface area contributed by atoms with Gasteiger partial charge in [0.25, 0.3) is 5.91 Å². The number of nitrogens with zero attached hydrogens (tertiary/aromatic N) is 2. The van der Waals surface area contributed by atoms with E-state index in [0.717, 1.165) is 25.2 Å². The van der Waals surface area contributed by atoms with Crippen molar-refractivity contribution in [3.05, 3.63) is 29.6 Å². The average molecular weight is 245 g/mol. The molecule has 1 aromatic rings. The molecule has 2 atom stereocenters. The van der Waals surface area contributed by atoms with E-state index in [1.54, 1.807) is 6.20 Å². The third-order valence-electron chi connectivity index (χ3n) is 3.94. The van der Waals surface area contributed by atoms with Crippen molar-refractivity contribution < 1.29 is 4.79 Å². The fraction of sp³-hybridized carbons (Fsp3) is 0.571. The number of carbonyl (C=O) groups excluding carboxylic acids is 1. The number of amides is 1. The second kappa shape index (κ2) is 4.69. The molecule has 1 amide bonds. The SMILES string of the molecule is CCc1ccc(C(=O)N2CC3CCC(C2)N3)cn1. The Kier molecular flexibility index (Phi) is 3.04. The van der Waals surface area contributed by atoms with Crippen LogP contribution in [0.25, 0.3) is 0 Å². The molecule has 2 aliphatic heterocycles. The number of pyridine rings is 1. The molecule has 4 heteroatoms.